The minimum atomic E-state index is 0.875. The number of hydrogen-bond donors (Lipinski definition) is 1. The second-order valence-corrected chi connectivity index (χ2v) is 6.79. The molecule has 1 aliphatic heterocycles. The SMILES string of the molecule is C1CCNC(C2CCC3CCCCC3C2)CC1. The Balaban J connectivity index is 1.57. The molecule has 0 aromatic rings. The van der Waals surface area contributed by atoms with E-state index in [0.717, 1.165) is 23.8 Å². The molecule has 4 unspecified atom stereocenters. The van der Waals surface area contributed by atoms with Crippen LogP contribution >= 0.6 is 0 Å². The zero-order valence-corrected chi connectivity index (χ0v) is 11.3. The molecule has 0 aromatic carbocycles. The van der Waals surface area contributed by atoms with Crippen LogP contribution < -0.4 is 5.32 Å². The van der Waals surface area contributed by atoms with Crippen molar-refractivity contribution in [2.24, 2.45) is 17.8 Å². The Morgan fingerprint density at radius 2 is 1.35 bits per heavy atom. The first kappa shape index (κ1) is 12.0. The van der Waals surface area contributed by atoms with E-state index in [9.17, 15) is 0 Å². The molecule has 0 amide bonds. The van der Waals surface area contributed by atoms with Crippen LogP contribution in [0.15, 0.2) is 0 Å². The van der Waals surface area contributed by atoms with E-state index in [1.807, 2.05) is 0 Å². The molecular weight excluding hydrogens is 206 g/mol. The zero-order chi connectivity index (χ0) is 11.5. The maximum atomic E-state index is 3.85. The van der Waals surface area contributed by atoms with Crippen molar-refractivity contribution in [1.29, 1.82) is 0 Å². The lowest BCUT2D eigenvalue weighted by molar-refractivity contribution is 0.108. The van der Waals surface area contributed by atoms with Gasteiger partial charge in [0.25, 0.3) is 0 Å². The molecule has 0 aromatic heterocycles. The van der Waals surface area contributed by atoms with Gasteiger partial charge in [-0.25, -0.2) is 0 Å². The van der Waals surface area contributed by atoms with E-state index in [0.29, 0.717) is 0 Å². The lowest BCUT2D eigenvalue weighted by atomic mass is 9.66. The maximum Gasteiger partial charge on any atom is 0.00954 e. The summed E-state index contributed by atoms with van der Waals surface area (Å²) in [5, 5.41) is 3.85. The van der Waals surface area contributed by atoms with Crippen LogP contribution in [-0.4, -0.2) is 12.6 Å². The summed E-state index contributed by atoms with van der Waals surface area (Å²) in [7, 11) is 0. The molecule has 1 nitrogen and oxygen atoms in total. The van der Waals surface area contributed by atoms with Gasteiger partial charge in [-0.15, -0.1) is 0 Å². The van der Waals surface area contributed by atoms with Crippen LogP contribution in [0.1, 0.15) is 70.6 Å². The largest absolute Gasteiger partial charge is 0.314 e. The molecule has 0 spiro atoms. The quantitative estimate of drug-likeness (QED) is 0.721. The second kappa shape index (κ2) is 5.73. The Morgan fingerprint density at radius 1 is 0.588 bits per heavy atom. The monoisotopic (exact) mass is 235 g/mol. The van der Waals surface area contributed by atoms with Gasteiger partial charge in [-0.2, -0.15) is 0 Å². The standard InChI is InChI=1S/C16H29N/c1-2-8-16(17-11-5-1)15-10-9-13-6-3-4-7-14(13)12-15/h13-17H,1-12H2. The molecule has 98 valence electrons. The van der Waals surface area contributed by atoms with Crippen LogP contribution in [0.4, 0.5) is 0 Å². The highest BCUT2D eigenvalue weighted by molar-refractivity contribution is 4.88. The lowest BCUT2D eigenvalue weighted by Gasteiger charge is -2.42. The van der Waals surface area contributed by atoms with Gasteiger partial charge in [0.1, 0.15) is 0 Å². The molecule has 1 N–H and O–H groups in total. The van der Waals surface area contributed by atoms with Crippen LogP contribution in [0, 0.1) is 17.8 Å². The molecular formula is C16H29N. The Labute approximate surface area is 107 Å². The molecule has 1 heterocycles. The molecule has 1 heteroatoms. The van der Waals surface area contributed by atoms with Crippen LogP contribution in [0.2, 0.25) is 0 Å². The molecule has 2 saturated carbocycles. The highest BCUT2D eigenvalue weighted by Gasteiger charge is 2.35. The first-order chi connectivity index (χ1) is 8.43. The van der Waals surface area contributed by atoms with Crippen molar-refractivity contribution in [3.8, 4) is 0 Å². The third-order valence-corrected chi connectivity index (χ3v) is 5.75. The molecule has 3 aliphatic rings. The summed E-state index contributed by atoms with van der Waals surface area (Å²) in [6, 6.07) is 0.875. The number of fused-ring (bicyclic) bond motifs is 1. The Morgan fingerprint density at radius 3 is 2.29 bits per heavy atom. The van der Waals surface area contributed by atoms with E-state index in [1.54, 1.807) is 25.7 Å². The fourth-order valence-corrected chi connectivity index (χ4v) is 4.73. The molecule has 3 rings (SSSR count). The Bertz CT molecular complexity index is 230. The van der Waals surface area contributed by atoms with Crippen molar-refractivity contribution < 1.29 is 0 Å². The summed E-state index contributed by atoms with van der Waals surface area (Å²) in [5.41, 5.74) is 0. The predicted molar refractivity (Wildman–Crippen MR) is 73.0 cm³/mol. The summed E-state index contributed by atoms with van der Waals surface area (Å²) in [6.07, 6.45) is 16.6. The smallest absolute Gasteiger partial charge is 0.00954 e. The second-order valence-electron chi connectivity index (χ2n) is 6.79. The maximum absolute atomic E-state index is 3.85. The van der Waals surface area contributed by atoms with Gasteiger partial charge in [0.2, 0.25) is 0 Å². The topological polar surface area (TPSA) is 12.0 Å². The van der Waals surface area contributed by atoms with E-state index < -0.39 is 0 Å². The van der Waals surface area contributed by atoms with Crippen molar-refractivity contribution in [2.75, 3.05) is 6.54 Å². The van der Waals surface area contributed by atoms with E-state index in [1.165, 1.54) is 51.5 Å². The first-order valence-corrected chi connectivity index (χ1v) is 8.17. The van der Waals surface area contributed by atoms with Crippen LogP contribution in [0.25, 0.3) is 0 Å². The summed E-state index contributed by atoms with van der Waals surface area (Å²) >= 11 is 0. The average Bonchev–Trinajstić information content (AvgIpc) is 2.67. The average molecular weight is 235 g/mol. The molecule has 3 fully saturated rings. The van der Waals surface area contributed by atoms with Crippen molar-refractivity contribution >= 4 is 0 Å². The summed E-state index contributed by atoms with van der Waals surface area (Å²) < 4.78 is 0. The third-order valence-electron chi connectivity index (χ3n) is 5.75. The Kier molecular flexibility index (Phi) is 4.05. The third kappa shape index (κ3) is 2.86. The molecule has 1 saturated heterocycles. The lowest BCUT2D eigenvalue weighted by Crippen LogP contribution is -2.40. The van der Waals surface area contributed by atoms with Gasteiger partial charge in [-0.1, -0.05) is 38.5 Å². The highest BCUT2D eigenvalue weighted by Crippen LogP contribution is 2.44. The number of nitrogens with one attached hydrogen (secondary N) is 1. The van der Waals surface area contributed by atoms with Gasteiger partial charge in [0.15, 0.2) is 0 Å². The fraction of sp³-hybridized carbons (Fsp3) is 1.00. The van der Waals surface area contributed by atoms with Gasteiger partial charge in [0.05, 0.1) is 0 Å². The van der Waals surface area contributed by atoms with E-state index in [-0.39, 0.29) is 0 Å². The minimum Gasteiger partial charge on any atom is -0.314 e. The normalized spacial score (nSPS) is 43.8. The molecule has 4 atom stereocenters. The van der Waals surface area contributed by atoms with Crippen molar-refractivity contribution in [1.82, 2.24) is 5.32 Å². The van der Waals surface area contributed by atoms with E-state index in [2.05, 4.69) is 5.32 Å². The number of rotatable bonds is 1. The molecule has 2 aliphatic carbocycles. The summed E-state index contributed by atoms with van der Waals surface area (Å²) in [5.74, 6) is 3.24. The summed E-state index contributed by atoms with van der Waals surface area (Å²) in [6.45, 7) is 1.29. The summed E-state index contributed by atoms with van der Waals surface area (Å²) in [4.78, 5) is 0. The van der Waals surface area contributed by atoms with Gasteiger partial charge in [0, 0.05) is 6.04 Å². The zero-order valence-electron chi connectivity index (χ0n) is 11.3. The highest BCUT2D eigenvalue weighted by atomic mass is 14.9. The van der Waals surface area contributed by atoms with Crippen molar-refractivity contribution in [3.63, 3.8) is 0 Å². The first-order valence-electron chi connectivity index (χ1n) is 8.17. The molecule has 0 bridgehead atoms. The van der Waals surface area contributed by atoms with Crippen LogP contribution in [0.3, 0.4) is 0 Å². The minimum absolute atomic E-state index is 0.875. The fourth-order valence-electron chi connectivity index (χ4n) is 4.73. The molecule has 17 heavy (non-hydrogen) atoms. The van der Waals surface area contributed by atoms with Crippen LogP contribution in [0.5, 0.6) is 0 Å². The Hall–Kier alpha value is -0.0400. The number of hydrogen-bond acceptors (Lipinski definition) is 1. The predicted octanol–water partition coefficient (Wildman–Crippen LogP) is 4.13. The van der Waals surface area contributed by atoms with Gasteiger partial charge >= 0.3 is 0 Å². The van der Waals surface area contributed by atoms with E-state index in [4.69, 9.17) is 0 Å². The van der Waals surface area contributed by atoms with Crippen molar-refractivity contribution in [2.45, 2.75) is 76.7 Å². The van der Waals surface area contributed by atoms with Gasteiger partial charge in [-0.05, 0) is 56.4 Å². The van der Waals surface area contributed by atoms with Gasteiger partial charge in [-0.3, -0.25) is 0 Å². The van der Waals surface area contributed by atoms with E-state index >= 15 is 0 Å². The van der Waals surface area contributed by atoms with Gasteiger partial charge < -0.3 is 5.32 Å². The van der Waals surface area contributed by atoms with Crippen molar-refractivity contribution in [3.05, 3.63) is 0 Å². The van der Waals surface area contributed by atoms with Crippen LogP contribution in [-0.2, 0) is 0 Å². The molecule has 0 radical (unpaired) electrons.